The SMILES string of the molecule is CCCC(N)C(=O)N1Cc2ccccc2CC1C(=O)O. The van der Waals surface area contributed by atoms with E-state index in [2.05, 4.69) is 0 Å². The van der Waals surface area contributed by atoms with Gasteiger partial charge in [0.1, 0.15) is 6.04 Å². The first kappa shape index (κ1) is 14.5. The summed E-state index contributed by atoms with van der Waals surface area (Å²) in [5.41, 5.74) is 7.85. The van der Waals surface area contributed by atoms with Crippen LogP contribution in [-0.4, -0.2) is 34.0 Å². The van der Waals surface area contributed by atoms with E-state index in [1.807, 2.05) is 31.2 Å². The minimum atomic E-state index is -0.975. The van der Waals surface area contributed by atoms with Crippen LogP contribution in [0.5, 0.6) is 0 Å². The fourth-order valence-corrected chi connectivity index (χ4v) is 2.62. The Labute approximate surface area is 118 Å². The molecule has 2 atom stereocenters. The number of amides is 1. The number of carbonyl (C=O) groups excluding carboxylic acids is 1. The molecular weight excluding hydrogens is 256 g/mol. The second-order valence-corrected chi connectivity index (χ2v) is 5.19. The Morgan fingerprint density at radius 3 is 2.65 bits per heavy atom. The molecule has 1 heterocycles. The Morgan fingerprint density at radius 2 is 2.05 bits per heavy atom. The molecule has 0 saturated heterocycles. The van der Waals surface area contributed by atoms with E-state index in [0.29, 0.717) is 19.4 Å². The number of rotatable bonds is 4. The summed E-state index contributed by atoms with van der Waals surface area (Å²) in [7, 11) is 0. The second kappa shape index (κ2) is 6.05. The number of nitrogens with two attached hydrogens (primary N) is 1. The lowest BCUT2D eigenvalue weighted by molar-refractivity contribution is -0.152. The van der Waals surface area contributed by atoms with Crippen molar-refractivity contribution in [2.75, 3.05) is 0 Å². The van der Waals surface area contributed by atoms with Gasteiger partial charge < -0.3 is 15.7 Å². The highest BCUT2D eigenvalue weighted by Crippen LogP contribution is 2.24. The first-order chi connectivity index (χ1) is 9.54. The number of aliphatic carboxylic acids is 1. The minimum Gasteiger partial charge on any atom is -0.480 e. The average molecular weight is 276 g/mol. The standard InChI is InChI=1S/C15H20N2O3/c1-2-5-12(16)14(18)17-9-11-7-4-3-6-10(11)8-13(17)15(19)20/h3-4,6-7,12-13H,2,5,8-9,16H2,1H3,(H,19,20). The van der Waals surface area contributed by atoms with Crippen LogP contribution >= 0.6 is 0 Å². The first-order valence-corrected chi connectivity index (χ1v) is 6.90. The van der Waals surface area contributed by atoms with Crippen LogP contribution < -0.4 is 5.73 Å². The number of carboxylic acid groups (broad SMARTS) is 1. The monoisotopic (exact) mass is 276 g/mol. The zero-order chi connectivity index (χ0) is 14.7. The lowest BCUT2D eigenvalue weighted by Crippen LogP contribution is -2.53. The maximum absolute atomic E-state index is 12.4. The van der Waals surface area contributed by atoms with Gasteiger partial charge in [-0.2, -0.15) is 0 Å². The summed E-state index contributed by atoms with van der Waals surface area (Å²) >= 11 is 0. The number of nitrogens with zero attached hydrogens (tertiary/aromatic N) is 1. The average Bonchev–Trinajstić information content (AvgIpc) is 2.45. The molecule has 0 saturated carbocycles. The summed E-state index contributed by atoms with van der Waals surface area (Å²) in [4.78, 5) is 25.2. The first-order valence-electron chi connectivity index (χ1n) is 6.90. The van der Waals surface area contributed by atoms with Crippen LogP contribution in [0.15, 0.2) is 24.3 Å². The van der Waals surface area contributed by atoms with Gasteiger partial charge in [0.25, 0.3) is 0 Å². The van der Waals surface area contributed by atoms with Crippen molar-refractivity contribution in [2.45, 2.75) is 44.8 Å². The van der Waals surface area contributed by atoms with E-state index >= 15 is 0 Å². The molecule has 2 unspecified atom stereocenters. The van der Waals surface area contributed by atoms with E-state index < -0.39 is 18.1 Å². The molecule has 1 aliphatic rings. The molecule has 1 aromatic rings. The maximum Gasteiger partial charge on any atom is 0.326 e. The molecule has 0 radical (unpaired) electrons. The van der Waals surface area contributed by atoms with Crippen LogP contribution in [0.25, 0.3) is 0 Å². The highest BCUT2D eigenvalue weighted by Gasteiger charge is 2.36. The zero-order valence-corrected chi connectivity index (χ0v) is 11.6. The van der Waals surface area contributed by atoms with Crippen molar-refractivity contribution in [1.29, 1.82) is 0 Å². The van der Waals surface area contributed by atoms with Crippen LogP contribution in [0.4, 0.5) is 0 Å². The number of benzene rings is 1. The summed E-state index contributed by atoms with van der Waals surface area (Å²) in [5, 5.41) is 9.36. The zero-order valence-electron chi connectivity index (χ0n) is 11.6. The molecule has 0 aromatic heterocycles. The van der Waals surface area contributed by atoms with Crippen molar-refractivity contribution in [1.82, 2.24) is 4.90 Å². The van der Waals surface area contributed by atoms with Gasteiger partial charge in [-0.05, 0) is 17.5 Å². The van der Waals surface area contributed by atoms with Crippen LogP contribution in [0.3, 0.4) is 0 Å². The predicted octanol–water partition coefficient (Wildman–Crippen LogP) is 1.15. The smallest absolute Gasteiger partial charge is 0.326 e. The van der Waals surface area contributed by atoms with E-state index in [4.69, 9.17) is 5.73 Å². The summed E-state index contributed by atoms with van der Waals surface area (Å²) < 4.78 is 0. The normalized spacial score (nSPS) is 19.3. The molecule has 2 rings (SSSR count). The van der Waals surface area contributed by atoms with Crippen LogP contribution in [-0.2, 0) is 22.6 Å². The number of hydrogen-bond acceptors (Lipinski definition) is 3. The van der Waals surface area contributed by atoms with Gasteiger partial charge in [0.15, 0.2) is 0 Å². The van der Waals surface area contributed by atoms with Crippen LogP contribution in [0, 0.1) is 0 Å². The van der Waals surface area contributed by atoms with E-state index in [1.165, 1.54) is 4.90 Å². The molecule has 5 nitrogen and oxygen atoms in total. The third-order valence-corrected chi connectivity index (χ3v) is 3.73. The molecule has 1 aliphatic heterocycles. The molecular formula is C15H20N2O3. The molecule has 1 aromatic carbocycles. The summed E-state index contributed by atoms with van der Waals surface area (Å²) in [6.45, 7) is 2.27. The van der Waals surface area contributed by atoms with Crippen LogP contribution in [0.2, 0.25) is 0 Å². The molecule has 0 spiro atoms. The Bertz CT molecular complexity index is 516. The Morgan fingerprint density at radius 1 is 1.40 bits per heavy atom. The number of carbonyl (C=O) groups is 2. The van der Waals surface area contributed by atoms with Gasteiger partial charge in [-0.25, -0.2) is 4.79 Å². The van der Waals surface area contributed by atoms with Gasteiger partial charge in [-0.15, -0.1) is 0 Å². The van der Waals surface area contributed by atoms with Gasteiger partial charge in [0.2, 0.25) is 5.91 Å². The molecule has 108 valence electrons. The Kier molecular flexibility index (Phi) is 4.39. The van der Waals surface area contributed by atoms with E-state index in [1.54, 1.807) is 0 Å². The fraction of sp³-hybridized carbons (Fsp3) is 0.467. The van der Waals surface area contributed by atoms with Crippen molar-refractivity contribution in [3.05, 3.63) is 35.4 Å². The largest absolute Gasteiger partial charge is 0.480 e. The topological polar surface area (TPSA) is 83.6 Å². The number of carboxylic acids is 1. The fourth-order valence-electron chi connectivity index (χ4n) is 2.62. The van der Waals surface area contributed by atoms with Gasteiger partial charge in [-0.1, -0.05) is 37.6 Å². The van der Waals surface area contributed by atoms with Crippen molar-refractivity contribution >= 4 is 11.9 Å². The van der Waals surface area contributed by atoms with E-state index in [9.17, 15) is 14.7 Å². The van der Waals surface area contributed by atoms with Gasteiger partial charge in [-0.3, -0.25) is 4.79 Å². The highest BCUT2D eigenvalue weighted by atomic mass is 16.4. The van der Waals surface area contributed by atoms with Gasteiger partial charge in [0, 0.05) is 13.0 Å². The molecule has 1 amide bonds. The Balaban J connectivity index is 2.26. The second-order valence-electron chi connectivity index (χ2n) is 5.19. The lowest BCUT2D eigenvalue weighted by Gasteiger charge is -2.35. The van der Waals surface area contributed by atoms with Crippen LogP contribution in [0.1, 0.15) is 30.9 Å². The van der Waals surface area contributed by atoms with E-state index in [-0.39, 0.29) is 5.91 Å². The summed E-state index contributed by atoms with van der Waals surface area (Å²) in [6, 6.07) is 6.19. The lowest BCUT2D eigenvalue weighted by atomic mass is 9.93. The molecule has 20 heavy (non-hydrogen) atoms. The molecule has 0 bridgehead atoms. The summed E-state index contributed by atoms with van der Waals surface area (Å²) in [5.74, 6) is -1.25. The quantitative estimate of drug-likeness (QED) is 0.864. The summed E-state index contributed by atoms with van der Waals surface area (Å²) in [6.07, 6.45) is 1.72. The highest BCUT2D eigenvalue weighted by molar-refractivity contribution is 5.87. The van der Waals surface area contributed by atoms with Crippen molar-refractivity contribution in [3.8, 4) is 0 Å². The minimum absolute atomic E-state index is 0.270. The third-order valence-electron chi connectivity index (χ3n) is 3.73. The number of hydrogen-bond donors (Lipinski definition) is 2. The van der Waals surface area contributed by atoms with Crippen molar-refractivity contribution in [3.63, 3.8) is 0 Å². The Hall–Kier alpha value is -1.88. The van der Waals surface area contributed by atoms with E-state index in [0.717, 1.165) is 17.5 Å². The van der Waals surface area contributed by atoms with Gasteiger partial charge in [0.05, 0.1) is 6.04 Å². The number of fused-ring (bicyclic) bond motifs is 1. The van der Waals surface area contributed by atoms with Crippen molar-refractivity contribution < 1.29 is 14.7 Å². The van der Waals surface area contributed by atoms with Gasteiger partial charge >= 0.3 is 5.97 Å². The van der Waals surface area contributed by atoms with Crippen molar-refractivity contribution in [2.24, 2.45) is 5.73 Å². The maximum atomic E-state index is 12.4. The predicted molar refractivity (Wildman–Crippen MR) is 75.0 cm³/mol. The molecule has 3 N–H and O–H groups in total. The molecule has 0 fully saturated rings. The molecule has 0 aliphatic carbocycles. The third kappa shape index (κ3) is 2.82. The molecule has 5 heteroatoms.